The molecule has 2 nitrogen and oxygen atoms in total. The maximum atomic E-state index is 9.22. The fraction of sp³-hybridized carbons (Fsp3) is 0.500. The third-order valence-electron chi connectivity index (χ3n) is 2.75. The first-order valence-electron chi connectivity index (χ1n) is 5.02. The maximum Gasteiger partial charge on any atom is 0.0610 e. The molecule has 0 atom stereocenters. The molecule has 1 aromatic carbocycles. The summed E-state index contributed by atoms with van der Waals surface area (Å²) in [5, 5.41) is 9.98. The van der Waals surface area contributed by atoms with E-state index in [9.17, 15) is 5.11 Å². The number of rotatable bonds is 4. The Kier molecular flexibility index (Phi) is 4.14. The van der Waals surface area contributed by atoms with Crippen LogP contribution in [-0.4, -0.2) is 29.2 Å². The van der Waals surface area contributed by atoms with E-state index in [2.05, 4.69) is 4.90 Å². The smallest absolute Gasteiger partial charge is 0.0610 e. The summed E-state index contributed by atoms with van der Waals surface area (Å²) in [5.41, 5.74) is 1.00. The Hall–Kier alpha value is -0.570. The maximum absolute atomic E-state index is 9.22. The summed E-state index contributed by atoms with van der Waals surface area (Å²) in [5.74, 6) is 0. The molecule has 0 aliphatic heterocycles. The fourth-order valence-electron chi connectivity index (χ4n) is 1.20. The highest BCUT2D eigenvalue weighted by atomic mass is 35.5. The van der Waals surface area contributed by atoms with Gasteiger partial charge in [-0.25, -0.2) is 0 Å². The van der Waals surface area contributed by atoms with Gasteiger partial charge in [0, 0.05) is 17.1 Å². The molecule has 0 aliphatic carbocycles. The number of aliphatic hydroxyl groups is 1. The summed E-state index contributed by atoms with van der Waals surface area (Å²) in [6.45, 7) is 4.99. The second-order valence-corrected chi connectivity index (χ2v) is 4.89. The first-order chi connectivity index (χ1) is 6.95. The molecule has 0 heterocycles. The topological polar surface area (TPSA) is 23.5 Å². The van der Waals surface area contributed by atoms with E-state index >= 15 is 0 Å². The second kappa shape index (κ2) is 4.97. The van der Waals surface area contributed by atoms with Crippen molar-refractivity contribution in [3.63, 3.8) is 0 Å². The molecule has 0 fully saturated rings. The van der Waals surface area contributed by atoms with Crippen LogP contribution in [0.3, 0.4) is 0 Å². The van der Waals surface area contributed by atoms with Crippen molar-refractivity contribution in [3.8, 4) is 0 Å². The van der Waals surface area contributed by atoms with E-state index in [-0.39, 0.29) is 12.1 Å². The van der Waals surface area contributed by atoms with Gasteiger partial charge >= 0.3 is 0 Å². The van der Waals surface area contributed by atoms with Gasteiger partial charge in [0.25, 0.3) is 0 Å². The van der Waals surface area contributed by atoms with Gasteiger partial charge in [-0.15, -0.1) is 0 Å². The highest BCUT2D eigenvalue weighted by molar-refractivity contribution is 6.30. The van der Waals surface area contributed by atoms with Crippen molar-refractivity contribution in [2.75, 3.05) is 13.7 Å². The highest BCUT2D eigenvalue weighted by Crippen LogP contribution is 2.16. The molecule has 15 heavy (non-hydrogen) atoms. The Morgan fingerprint density at radius 1 is 1.27 bits per heavy atom. The van der Waals surface area contributed by atoms with Crippen molar-refractivity contribution >= 4 is 11.6 Å². The van der Waals surface area contributed by atoms with Gasteiger partial charge in [-0.3, -0.25) is 4.90 Å². The predicted octanol–water partition coefficient (Wildman–Crippen LogP) is 2.54. The summed E-state index contributed by atoms with van der Waals surface area (Å²) in [7, 11) is 2.00. The number of hydrogen-bond acceptors (Lipinski definition) is 2. The lowest BCUT2D eigenvalue weighted by atomic mass is 10.0. The van der Waals surface area contributed by atoms with E-state index in [0.29, 0.717) is 0 Å². The second-order valence-electron chi connectivity index (χ2n) is 4.45. The Morgan fingerprint density at radius 2 is 1.80 bits per heavy atom. The fourth-order valence-corrected chi connectivity index (χ4v) is 1.32. The Labute approximate surface area is 96.5 Å². The SMILES string of the molecule is CN(Cc1ccc(Cl)cc1)C(C)(C)CO. The third-order valence-corrected chi connectivity index (χ3v) is 3.01. The standard InChI is InChI=1S/C12H18ClNO/c1-12(2,9-15)14(3)8-10-4-6-11(13)7-5-10/h4-7,15H,8-9H2,1-3H3. The van der Waals surface area contributed by atoms with Gasteiger partial charge in [0.1, 0.15) is 0 Å². The van der Waals surface area contributed by atoms with E-state index in [4.69, 9.17) is 11.6 Å². The van der Waals surface area contributed by atoms with E-state index in [1.807, 2.05) is 45.2 Å². The number of hydrogen-bond donors (Lipinski definition) is 1. The highest BCUT2D eigenvalue weighted by Gasteiger charge is 2.21. The monoisotopic (exact) mass is 227 g/mol. The van der Waals surface area contributed by atoms with Gasteiger partial charge in [-0.2, -0.15) is 0 Å². The molecule has 0 aliphatic rings. The zero-order valence-corrected chi connectivity index (χ0v) is 10.3. The molecular formula is C12H18ClNO. The molecular weight excluding hydrogens is 210 g/mol. The van der Waals surface area contributed by atoms with Crippen LogP contribution in [0.15, 0.2) is 24.3 Å². The average Bonchev–Trinajstić information content (AvgIpc) is 2.21. The first kappa shape index (κ1) is 12.5. The van der Waals surface area contributed by atoms with Crippen molar-refractivity contribution in [2.24, 2.45) is 0 Å². The normalized spacial score (nSPS) is 12.1. The molecule has 0 bridgehead atoms. The Balaban J connectivity index is 2.66. The van der Waals surface area contributed by atoms with Crippen LogP contribution in [0, 0.1) is 0 Å². The van der Waals surface area contributed by atoms with Crippen LogP contribution in [-0.2, 0) is 6.54 Å². The van der Waals surface area contributed by atoms with Gasteiger partial charge in [-0.05, 0) is 38.6 Å². The Bertz CT molecular complexity index is 308. The number of benzene rings is 1. The van der Waals surface area contributed by atoms with Crippen LogP contribution in [0.2, 0.25) is 5.02 Å². The van der Waals surface area contributed by atoms with Gasteiger partial charge in [0.05, 0.1) is 6.61 Å². The number of aliphatic hydroxyl groups excluding tert-OH is 1. The molecule has 0 saturated carbocycles. The molecule has 0 unspecified atom stereocenters. The quantitative estimate of drug-likeness (QED) is 0.855. The predicted molar refractivity (Wildman–Crippen MR) is 64.1 cm³/mol. The largest absolute Gasteiger partial charge is 0.394 e. The van der Waals surface area contributed by atoms with Crippen LogP contribution >= 0.6 is 11.6 Å². The van der Waals surface area contributed by atoms with Crippen LogP contribution < -0.4 is 0 Å². The zero-order valence-electron chi connectivity index (χ0n) is 9.50. The number of likely N-dealkylation sites (N-methyl/N-ethyl adjacent to an activating group) is 1. The van der Waals surface area contributed by atoms with Gasteiger partial charge in [0.2, 0.25) is 0 Å². The van der Waals surface area contributed by atoms with Gasteiger partial charge < -0.3 is 5.11 Å². The summed E-state index contributed by atoms with van der Waals surface area (Å²) < 4.78 is 0. The third kappa shape index (κ3) is 3.49. The van der Waals surface area contributed by atoms with Crippen LogP contribution in [0.5, 0.6) is 0 Å². The van der Waals surface area contributed by atoms with Crippen molar-refractivity contribution in [3.05, 3.63) is 34.9 Å². The molecule has 0 aromatic heterocycles. The molecule has 0 amide bonds. The summed E-state index contributed by atoms with van der Waals surface area (Å²) in [4.78, 5) is 2.12. The van der Waals surface area contributed by atoms with Crippen LogP contribution in [0.1, 0.15) is 19.4 Å². The zero-order chi connectivity index (χ0) is 11.5. The average molecular weight is 228 g/mol. The minimum atomic E-state index is -0.195. The molecule has 1 aromatic rings. The molecule has 1 N–H and O–H groups in total. The number of nitrogens with zero attached hydrogens (tertiary/aromatic N) is 1. The molecule has 0 spiro atoms. The molecule has 1 rings (SSSR count). The van der Waals surface area contributed by atoms with Gasteiger partial charge in [-0.1, -0.05) is 23.7 Å². The summed E-state index contributed by atoms with van der Waals surface area (Å²) in [6.07, 6.45) is 0. The summed E-state index contributed by atoms with van der Waals surface area (Å²) in [6, 6.07) is 7.78. The van der Waals surface area contributed by atoms with Gasteiger partial charge in [0.15, 0.2) is 0 Å². The lowest BCUT2D eigenvalue weighted by Crippen LogP contribution is -2.43. The van der Waals surface area contributed by atoms with Crippen molar-refractivity contribution in [1.29, 1.82) is 0 Å². The lowest BCUT2D eigenvalue weighted by Gasteiger charge is -2.33. The van der Waals surface area contributed by atoms with Crippen molar-refractivity contribution in [1.82, 2.24) is 4.90 Å². The van der Waals surface area contributed by atoms with Crippen molar-refractivity contribution in [2.45, 2.75) is 25.9 Å². The lowest BCUT2D eigenvalue weighted by molar-refractivity contribution is 0.0734. The minimum absolute atomic E-state index is 0.150. The first-order valence-corrected chi connectivity index (χ1v) is 5.40. The summed E-state index contributed by atoms with van der Waals surface area (Å²) >= 11 is 5.81. The van der Waals surface area contributed by atoms with Crippen LogP contribution in [0.25, 0.3) is 0 Å². The van der Waals surface area contributed by atoms with E-state index < -0.39 is 0 Å². The van der Waals surface area contributed by atoms with Crippen LogP contribution in [0.4, 0.5) is 0 Å². The van der Waals surface area contributed by atoms with Crippen molar-refractivity contribution < 1.29 is 5.11 Å². The molecule has 84 valence electrons. The van der Waals surface area contributed by atoms with E-state index in [0.717, 1.165) is 11.6 Å². The minimum Gasteiger partial charge on any atom is -0.394 e. The van der Waals surface area contributed by atoms with E-state index in [1.165, 1.54) is 5.56 Å². The molecule has 3 heteroatoms. The van der Waals surface area contributed by atoms with E-state index in [1.54, 1.807) is 0 Å². The Morgan fingerprint density at radius 3 is 2.27 bits per heavy atom. The molecule has 0 saturated heterocycles. The number of halogens is 1. The molecule has 0 radical (unpaired) electrons.